The second-order valence-corrected chi connectivity index (χ2v) is 4.70. The highest BCUT2D eigenvalue weighted by Gasteiger charge is 2.27. The summed E-state index contributed by atoms with van der Waals surface area (Å²) in [5, 5.41) is 10.6. The standard InChI is InChI=1S/C13H15F2NO3/c1-7(2)12(8(3)17)10-5-4-9(16(18)19)6-11(10)13(14)15/h4-7,12-13H,1-3H3. The lowest BCUT2D eigenvalue weighted by molar-refractivity contribution is -0.385. The van der Waals surface area contributed by atoms with Gasteiger partial charge in [-0.1, -0.05) is 19.9 Å². The zero-order chi connectivity index (χ0) is 14.7. The fourth-order valence-electron chi connectivity index (χ4n) is 2.20. The van der Waals surface area contributed by atoms with Crippen molar-refractivity contribution in [2.24, 2.45) is 5.92 Å². The van der Waals surface area contributed by atoms with Crippen molar-refractivity contribution in [2.75, 3.05) is 0 Å². The van der Waals surface area contributed by atoms with Gasteiger partial charge in [0.25, 0.3) is 12.1 Å². The number of halogens is 2. The Balaban J connectivity index is 3.41. The van der Waals surface area contributed by atoms with Gasteiger partial charge in [-0.2, -0.15) is 0 Å². The van der Waals surface area contributed by atoms with Crippen molar-refractivity contribution in [3.05, 3.63) is 39.4 Å². The first-order valence-corrected chi connectivity index (χ1v) is 5.82. The van der Waals surface area contributed by atoms with E-state index in [1.54, 1.807) is 13.8 Å². The Morgan fingerprint density at radius 3 is 2.21 bits per heavy atom. The first-order valence-electron chi connectivity index (χ1n) is 5.82. The van der Waals surface area contributed by atoms with Crippen LogP contribution in [0.3, 0.4) is 0 Å². The molecule has 1 aromatic rings. The molecule has 0 aliphatic heterocycles. The normalized spacial score (nSPS) is 12.8. The molecule has 0 amide bonds. The Morgan fingerprint density at radius 2 is 1.84 bits per heavy atom. The quantitative estimate of drug-likeness (QED) is 0.603. The predicted molar refractivity (Wildman–Crippen MR) is 66.3 cm³/mol. The largest absolute Gasteiger partial charge is 0.299 e. The van der Waals surface area contributed by atoms with Gasteiger partial charge in [0.1, 0.15) is 5.78 Å². The summed E-state index contributed by atoms with van der Waals surface area (Å²) in [6, 6.07) is 3.25. The number of carbonyl (C=O) groups is 1. The molecule has 0 aliphatic rings. The lowest BCUT2D eigenvalue weighted by Gasteiger charge is -2.21. The fraction of sp³-hybridized carbons (Fsp3) is 0.462. The molecule has 0 aliphatic carbocycles. The third kappa shape index (κ3) is 3.33. The Bertz CT molecular complexity index is 501. The number of hydrogen-bond acceptors (Lipinski definition) is 3. The van der Waals surface area contributed by atoms with E-state index in [1.807, 2.05) is 0 Å². The van der Waals surface area contributed by atoms with Gasteiger partial charge in [-0.05, 0) is 18.4 Å². The fourth-order valence-corrected chi connectivity index (χ4v) is 2.20. The lowest BCUT2D eigenvalue weighted by Crippen LogP contribution is -2.17. The number of nitro benzene ring substituents is 1. The van der Waals surface area contributed by atoms with Gasteiger partial charge >= 0.3 is 0 Å². The van der Waals surface area contributed by atoms with Gasteiger partial charge in [0.05, 0.1) is 4.92 Å². The van der Waals surface area contributed by atoms with Gasteiger partial charge in [-0.3, -0.25) is 14.9 Å². The maximum Gasteiger partial charge on any atom is 0.269 e. The minimum absolute atomic E-state index is 0.156. The molecule has 4 nitrogen and oxygen atoms in total. The van der Waals surface area contributed by atoms with Crippen LogP contribution in [0.15, 0.2) is 18.2 Å². The van der Waals surface area contributed by atoms with Crippen molar-refractivity contribution in [1.82, 2.24) is 0 Å². The Morgan fingerprint density at radius 1 is 1.26 bits per heavy atom. The smallest absolute Gasteiger partial charge is 0.269 e. The van der Waals surface area contributed by atoms with Crippen LogP contribution in [0, 0.1) is 16.0 Å². The molecular weight excluding hydrogens is 256 g/mol. The summed E-state index contributed by atoms with van der Waals surface area (Å²) in [7, 11) is 0. The van der Waals surface area contributed by atoms with Gasteiger partial charge in [-0.25, -0.2) is 8.78 Å². The molecule has 1 unspecified atom stereocenters. The average Bonchev–Trinajstić information content (AvgIpc) is 2.27. The lowest BCUT2D eigenvalue weighted by atomic mass is 9.83. The van der Waals surface area contributed by atoms with Gasteiger partial charge in [-0.15, -0.1) is 0 Å². The van der Waals surface area contributed by atoms with Crippen LogP contribution in [0.25, 0.3) is 0 Å². The molecule has 19 heavy (non-hydrogen) atoms. The molecule has 0 saturated carbocycles. The first-order chi connectivity index (χ1) is 8.75. The summed E-state index contributed by atoms with van der Waals surface area (Å²) in [4.78, 5) is 21.5. The summed E-state index contributed by atoms with van der Waals surface area (Å²) >= 11 is 0. The molecule has 6 heteroatoms. The number of carbonyl (C=O) groups excluding carboxylic acids is 1. The number of non-ortho nitro benzene ring substituents is 1. The number of alkyl halides is 2. The maximum absolute atomic E-state index is 13.0. The second-order valence-electron chi connectivity index (χ2n) is 4.70. The predicted octanol–water partition coefficient (Wildman–Crippen LogP) is 3.86. The van der Waals surface area contributed by atoms with E-state index in [2.05, 4.69) is 0 Å². The molecular formula is C13H15F2NO3. The van der Waals surface area contributed by atoms with Gasteiger partial charge in [0.2, 0.25) is 0 Å². The summed E-state index contributed by atoms with van der Waals surface area (Å²) < 4.78 is 26.0. The van der Waals surface area contributed by atoms with Gasteiger partial charge < -0.3 is 0 Å². The molecule has 0 N–H and O–H groups in total. The Hall–Kier alpha value is -1.85. The molecule has 104 valence electrons. The van der Waals surface area contributed by atoms with Crippen LogP contribution in [-0.4, -0.2) is 10.7 Å². The van der Waals surface area contributed by atoms with Crippen molar-refractivity contribution >= 4 is 11.5 Å². The number of ketones is 1. The molecule has 1 atom stereocenters. The van der Waals surface area contributed by atoms with E-state index in [0.717, 1.165) is 12.1 Å². The first kappa shape index (κ1) is 15.2. The third-order valence-electron chi connectivity index (χ3n) is 2.96. The summed E-state index contributed by atoms with van der Waals surface area (Å²) in [5.74, 6) is -1.06. The number of benzene rings is 1. The zero-order valence-corrected chi connectivity index (χ0v) is 10.9. The molecule has 0 fully saturated rings. The number of rotatable bonds is 5. The number of nitro groups is 1. The van der Waals surface area contributed by atoms with Crippen LogP contribution in [0.4, 0.5) is 14.5 Å². The Kier molecular flexibility index (Phi) is 4.69. The molecule has 0 saturated heterocycles. The van der Waals surface area contributed by atoms with Crippen molar-refractivity contribution in [2.45, 2.75) is 33.1 Å². The van der Waals surface area contributed by atoms with Crippen LogP contribution in [0.5, 0.6) is 0 Å². The summed E-state index contributed by atoms with van der Waals surface area (Å²) in [6.45, 7) is 4.84. The van der Waals surface area contributed by atoms with E-state index < -0.39 is 28.5 Å². The Labute approximate surface area is 109 Å². The molecule has 0 aromatic heterocycles. The molecule has 1 aromatic carbocycles. The number of Topliss-reactive ketones (excluding diaryl/α,β-unsaturated/α-hetero) is 1. The van der Waals surface area contributed by atoms with Crippen molar-refractivity contribution in [1.29, 1.82) is 0 Å². The van der Waals surface area contributed by atoms with Gasteiger partial charge in [0, 0.05) is 23.6 Å². The van der Waals surface area contributed by atoms with Gasteiger partial charge in [0.15, 0.2) is 0 Å². The SMILES string of the molecule is CC(=O)C(c1ccc([N+](=O)[O-])cc1C(F)F)C(C)C. The summed E-state index contributed by atoms with van der Waals surface area (Å²) in [6.07, 6.45) is -2.85. The molecule has 0 radical (unpaired) electrons. The monoisotopic (exact) mass is 271 g/mol. The summed E-state index contributed by atoms with van der Waals surface area (Å²) in [5.41, 5.74) is -0.670. The maximum atomic E-state index is 13.0. The van der Waals surface area contributed by atoms with E-state index in [9.17, 15) is 23.7 Å². The van der Waals surface area contributed by atoms with E-state index >= 15 is 0 Å². The second kappa shape index (κ2) is 5.86. The molecule has 1 rings (SSSR count). The minimum Gasteiger partial charge on any atom is -0.299 e. The van der Waals surface area contributed by atoms with Crippen LogP contribution in [0.1, 0.15) is 44.2 Å². The zero-order valence-electron chi connectivity index (χ0n) is 10.9. The molecule has 0 spiro atoms. The van der Waals surface area contributed by atoms with E-state index in [4.69, 9.17) is 0 Å². The van der Waals surface area contributed by atoms with E-state index in [1.165, 1.54) is 13.0 Å². The van der Waals surface area contributed by atoms with Crippen LogP contribution >= 0.6 is 0 Å². The number of hydrogen-bond donors (Lipinski definition) is 0. The highest BCUT2D eigenvalue weighted by Crippen LogP contribution is 2.35. The van der Waals surface area contributed by atoms with Crippen LogP contribution in [0.2, 0.25) is 0 Å². The highest BCUT2D eigenvalue weighted by molar-refractivity contribution is 5.84. The van der Waals surface area contributed by atoms with Crippen LogP contribution < -0.4 is 0 Å². The van der Waals surface area contributed by atoms with Crippen molar-refractivity contribution in [3.63, 3.8) is 0 Å². The molecule has 0 heterocycles. The van der Waals surface area contributed by atoms with Crippen molar-refractivity contribution < 1.29 is 18.5 Å². The van der Waals surface area contributed by atoms with Crippen molar-refractivity contribution in [3.8, 4) is 0 Å². The van der Waals surface area contributed by atoms with E-state index in [-0.39, 0.29) is 17.3 Å². The number of nitrogens with zero attached hydrogens (tertiary/aromatic N) is 1. The van der Waals surface area contributed by atoms with Crippen LogP contribution in [-0.2, 0) is 4.79 Å². The average molecular weight is 271 g/mol. The topological polar surface area (TPSA) is 60.2 Å². The van der Waals surface area contributed by atoms with E-state index in [0.29, 0.717) is 0 Å². The minimum atomic E-state index is -2.85. The molecule has 0 bridgehead atoms. The highest BCUT2D eigenvalue weighted by atomic mass is 19.3. The third-order valence-corrected chi connectivity index (χ3v) is 2.96.